The van der Waals surface area contributed by atoms with Crippen molar-refractivity contribution in [1.82, 2.24) is 19.4 Å². The van der Waals surface area contributed by atoms with Crippen molar-refractivity contribution in [1.29, 1.82) is 0 Å². The maximum Gasteiger partial charge on any atom is 0.262 e. The minimum atomic E-state index is -3.85. The first-order valence-corrected chi connectivity index (χ1v) is 8.88. The molecule has 0 spiro atoms. The van der Waals surface area contributed by atoms with Crippen LogP contribution in [-0.4, -0.2) is 42.1 Å². The number of piperazine rings is 1. The number of nitrogens with zero attached hydrogens (tertiary/aromatic N) is 3. The van der Waals surface area contributed by atoms with Crippen LogP contribution in [0.15, 0.2) is 35.5 Å². The first kappa shape index (κ1) is 19.1. The lowest BCUT2D eigenvalue weighted by molar-refractivity contribution is 0.269. The van der Waals surface area contributed by atoms with E-state index in [1.165, 1.54) is 34.4 Å². The Hall–Kier alpha value is -1.19. The van der Waals surface area contributed by atoms with Crippen LogP contribution in [0.5, 0.6) is 0 Å². The molecule has 1 atom stereocenters. The van der Waals surface area contributed by atoms with Crippen molar-refractivity contribution in [2.24, 2.45) is 7.05 Å². The summed E-state index contributed by atoms with van der Waals surface area (Å²) in [5.74, 6) is -0.399. The van der Waals surface area contributed by atoms with E-state index in [1.54, 1.807) is 12.1 Å². The van der Waals surface area contributed by atoms with Gasteiger partial charge in [0.25, 0.3) is 10.0 Å². The molecule has 1 aromatic carbocycles. The van der Waals surface area contributed by atoms with Crippen LogP contribution in [0.4, 0.5) is 4.39 Å². The molecular formula is C14H17Cl2FN4O2S. The summed E-state index contributed by atoms with van der Waals surface area (Å²) in [5, 5.41) is 7.06. The molecule has 10 heteroatoms. The summed E-state index contributed by atoms with van der Waals surface area (Å²) in [6.45, 7) is 1.18. The van der Waals surface area contributed by atoms with Crippen molar-refractivity contribution in [3.63, 3.8) is 0 Å². The average Bonchev–Trinajstić information content (AvgIpc) is 2.87. The Morgan fingerprint density at radius 3 is 2.79 bits per heavy atom. The monoisotopic (exact) mass is 394 g/mol. The van der Waals surface area contributed by atoms with Crippen molar-refractivity contribution in [3.05, 3.63) is 46.9 Å². The van der Waals surface area contributed by atoms with Gasteiger partial charge in [0, 0.05) is 26.7 Å². The summed E-state index contributed by atoms with van der Waals surface area (Å²) in [5.41, 5.74) is 0.596. The molecule has 0 saturated carbocycles. The lowest BCUT2D eigenvalue weighted by atomic mass is 10.1. The Kier molecular flexibility index (Phi) is 5.87. The lowest BCUT2D eigenvalue weighted by Gasteiger charge is -2.35. The number of rotatable bonds is 3. The van der Waals surface area contributed by atoms with Gasteiger partial charge in [-0.2, -0.15) is 9.40 Å². The third-order valence-electron chi connectivity index (χ3n) is 3.82. The molecule has 2 aromatic rings. The van der Waals surface area contributed by atoms with Crippen LogP contribution < -0.4 is 5.32 Å². The van der Waals surface area contributed by atoms with E-state index in [0.717, 1.165) is 0 Å². The molecule has 1 unspecified atom stereocenters. The first-order chi connectivity index (χ1) is 10.9. The van der Waals surface area contributed by atoms with Crippen LogP contribution >= 0.6 is 24.0 Å². The number of aromatic nitrogens is 2. The molecule has 2 heterocycles. The van der Waals surface area contributed by atoms with E-state index in [-0.39, 0.29) is 29.0 Å². The third-order valence-corrected chi connectivity index (χ3v) is 6.24. The molecule has 1 saturated heterocycles. The smallest absolute Gasteiger partial charge is 0.262 e. The molecule has 0 aliphatic carbocycles. The number of hydrogen-bond acceptors (Lipinski definition) is 4. The minimum Gasteiger partial charge on any atom is -0.313 e. The molecule has 6 nitrogen and oxygen atoms in total. The topological polar surface area (TPSA) is 67.2 Å². The fourth-order valence-corrected chi connectivity index (χ4v) is 5.00. The number of benzene rings is 1. The molecule has 1 aliphatic heterocycles. The van der Waals surface area contributed by atoms with Gasteiger partial charge in [0.05, 0.1) is 17.3 Å². The molecule has 0 bridgehead atoms. The van der Waals surface area contributed by atoms with Gasteiger partial charge < -0.3 is 5.32 Å². The summed E-state index contributed by atoms with van der Waals surface area (Å²) in [6, 6.07) is 5.46. The van der Waals surface area contributed by atoms with Gasteiger partial charge in [-0.3, -0.25) is 4.68 Å². The summed E-state index contributed by atoms with van der Waals surface area (Å²) in [4.78, 5) is 0. The Balaban J connectivity index is 0.00000208. The zero-order chi connectivity index (χ0) is 16.6. The molecule has 1 N–H and O–H groups in total. The van der Waals surface area contributed by atoms with Gasteiger partial charge in [-0.1, -0.05) is 23.7 Å². The normalized spacial score (nSPS) is 19.0. The molecular weight excluding hydrogens is 378 g/mol. The SMILES string of the molecule is Cl.Cn1ncc(Cl)c1S(=O)(=O)N1CCNCC1c1cccc(F)c1. The van der Waals surface area contributed by atoms with Crippen molar-refractivity contribution >= 4 is 34.0 Å². The van der Waals surface area contributed by atoms with Crippen LogP contribution in [0, 0.1) is 5.82 Å². The average molecular weight is 395 g/mol. The zero-order valence-electron chi connectivity index (χ0n) is 12.8. The largest absolute Gasteiger partial charge is 0.313 e. The fraction of sp³-hybridized carbons (Fsp3) is 0.357. The first-order valence-electron chi connectivity index (χ1n) is 7.07. The van der Waals surface area contributed by atoms with Crippen molar-refractivity contribution < 1.29 is 12.8 Å². The second-order valence-corrected chi connectivity index (χ2v) is 7.52. The Labute approximate surface area is 151 Å². The van der Waals surface area contributed by atoms with Gasteiger partial charge in [0.2, 0.25) is 0 Å². The third kappa shape index (κ3) is 3.43. The second kappa shape index (κ2) is 7.37. The number of hydrogen-bond donors (Lipinski definition) is 1. The predicted octanol–water partition coefficient (Wildman–Crippen LogP) is 1.97. The molecule has 3 rings (SSSR count). The highest BCUT2D eigenvalue weighted by atomic mass is 35.5. The van der Waals surface area contributed by atoms with E-state index < -0.39 is 21.9 Å². The molecule has 1 fully saturated rings. The molecule has 132 valence electrons. The van der Waals surface area contributed by atoms with Crippen LogP contribution in [0.1, 0.15) is 11.6 Å². The van der Waals surface area contributed by atoms with Crippen LogP contribution in [0.3, 0.4) is 0 Å². The quantitative estimate of drug-likeness (QED) is 0.863. The van der Waals surface area contributed by atoms with Gasteiger partial charge >= 0.3 is 0 Å². The summed E-state index contributed by atoms with van der Waals surface area (Å²) in [7, 11) is -2.32. The van der Waals surface area contributed by atoms with Crippen molar-refractivity contribution in [3.8, 4) is 0 Å². The zero-order valence-corrected chi connectivity index (χ0v) is 15.2. The van der Waals surface area contributed by atoms with E-state index >= 15 is 0 Å². The highest BCUT2D eigenvalue weighted by Crippen LogP contribution is 2.31. The number of aryl methyl sites for hydroxylation is 1. The van der Waals surface area contributed by atoms with E-state index in [0.29, 0.717) is 18.7 Å². The molecule has 24 heavy (non-hydrogen) atoms. The maximum absolute atomic E-state index is 13.5. The van der Waals surface area contributed by atoms with Gasteiger partial charge in [-0.25, -0.2) is 12.8 Å². The van der Waals surface area contributed by atoms with Crippen LogP contribution in [-0.2, 0) is 17.1 Å². The van der Waals surface area contributed by atoms with Crippen molar-refractivity contribution in [2.45, 2.75) is 11.1 Å². The Morgan fingerprint density at radius 2 is 2.17 bits per heavy atom. The van der Waals surface area contributed by atoms with Gasteiger partial charge in [0.1, 0.15) is 5.82 Å². The summed E-state index contributed by atoms with van der Waals surface area (Å²) < 4.78 is 42.1. The predicted molar refractivity (Wildman–Crippen MR) is 91.4 cm³/mol. The second-order valence-electron chi connectivity index (χ2n) is 5.31. The highest BCUT2D eigenvalue weighted by molar-refractivity contribution is 7.89. The highest BCUT2D eigenvalue weighted by Gasteiger charge is 2.37. The molecule has 1 aliphatic rings. The number of nitrogens with one attached hydrogen (secondary N) is 1. The van der Waals surface area contributed by atoms with Crippen LogP contribution in [0.2, 0.25) is 5.02 Å². The van der Waals surface area contributed by atoms with Crippen molar-refractivity contribution in [2.75, 3.05) is 19.6 Å². The lowest BCUT2D eigenvalue weighted by Crippen LogP contribution is -2.49. The van der Waals surface area contributed by atoms with E-state index in [1.807, 2.05) is 0 Å². The van der Waals surface area contributed by atoms with E-state index in [9.17, 15) is 12.8 Å². The molecule has 0 radical (unpaired) electrons. The Bertz CT molecular complexity index is 808. The maximum atomic E-state index is 13.5. The number of halogens is 3. The minimum absolute atomic E-state index is 0. The summed E-state index contributed by atoms with van der Waals surface area (Å²) in [6.07, 6.45) is 1.30. The standard InChI is InChI=1S/C14H16ClFN4O2S.ClH/c1-19-14(12(15)8-18-19)23(21,22)20-6-5-17-9-13(20)10-3-2-4-11(16)7-10;/h2-4,7-8,13,17H,5-6,9H2,1H3;1H. The van der Waals surface area contributed by atoms with Gasteiger partial charge in [0.15, 0.2) is 5.03 Å². The molecule has 0 amide bonds. The van der Waals surface area contributed by atoms with E-state index in [2.05, 4.69) is 10.4 Å². The summed E-state index contributed by atoms with van der Waals surface area (Å²) >= 11 is 6.00. The van der Waals surface area contributed by atoms with Crippen LogP contribution in [0.25, 0.3) is 0 Å². The number of sulfonamides is 1. The van der Waals surface area contributed by atoms with Gasteiger partial charge in [-0.05, 0) is 17.7 Å². The Morgan fingerprint density at radius 1 is 1.42 bits per heavy atom. The van der Waals surface area contributed by atoms with E-state index in [4.69, 9.17) is 11.6 Å². The fourth-order valence-electron chi connectivity index (χ4n) is 2.77. The molecule has 1 aromatic heterocycles. The van der Waals surface area contributed by atoms with Gasteiger partial charge in [-0.15, -0.1) is 12.4 Å².